The van der Waals surface area contributed by atoms with E-state index in [0.29, 0.717) is 24.4 Å². The van der Waals surface area contributed by atoms with Crippen LogP contribution in [-0.4, -0.2) is 36.5 Å². The molecule has 0 radical (unpaired) electrons. The third-order valence-corrected chi connectivity index (χ3v) is 4.05. The van der Waals surface area contributed by atoms with Gasteiger partial charge in [-0.15, -0.1) is 0 Å². The molecular weight excluding hydrogens is 264 g/mol. The van der Waals surface area contributed by atoms with Gasteiger partial charge in [0, 0.05) is 25.0 Å². The highest BCUT2D eigenvalue weighted by atomic mass is 16.5. The Labute approximate surface area is 127 Å². The number of methoxy groups -OCH3 is 1. The highest BCUT2D eigenvalue weighted by Gasteiger charge is 2.31. The molecule has 1 aromatic rings. The lowest BCUT2D eigenvalue weighted by molar-refractivity contribution is -0.130. The van der Waals surface area contributed by atoms with Crippen LogP contribution in [0.5, 0.6) is 5.75 Å². The molecule has 0 aliphatic carbocycles. The van der Waals surface area contributed by atoms with Gasteiger partial charge >= 0.3 is 0 Å². The first-order chi connectivity index (χ1) is 10.1. The Kier molecular flexibility index (Phi) is 5.62. The van der Waals surface area contributed by atoms with E-state index in [9.17, 15) is 4.79 Å². The predicted molar refractivity (Wildman–Crippen MR) is 84.3 cm³/mol. The van der Waals surface area contributed by atoms with Crippen molar-refractivity contribution >= 4 is 5.91 Å². The summed E-state index contributed by atoms with van der Waals surface area (Å²) < 4.78 is 5.22. The number of hydrogen-bond donors (Lipinski definition) is 1. The van der Waals surface area contributed by atoms with Crippen molar-refractivity contribution in [2.24, 2.45) is 0 Å². The molecule has 1 atom stereocenters. The molecule has 116 valence electrons. The Bertz CT molecular complexity index is 474. The van der Waals surface area contributed by atoms with E-state index in [1.54, 1.807) is 7.11 Å². The van der Waals surface area contributed by atoms with Crippen molar-refractivity contribution < 1.29 is 9.53 Å². The molecule has 1 fully saturated rings. The van der Waals surface area contributed by atoms with Gasteiger partial charge in [-0.25, -0.2) is 0 Å². The van der Waals surface area contributed by atoms with E-state index in [0.717, 1.165) is 31.7 Å². The number of nitrogens with one attached hydrogen (secondary N) is 1. The normalized spacial score (nSPS) is 18.6. The van der Waals surface area contributed by atoms with E-state index < -0.39 is 0 Å². The second-order valence-corrected chi connectivity index (χ2v) is 5.90. The van der Waals surface area contributed by atoms with Gasteiger partial charge in [0.25, 0.3) is 0 Å². The third-order valence-electron chi connectivity index (χ3n) is 4.05. The Hall–Kier alpha value is -1.55. The maximum absolute atomic E-state index is 11.8. The molecule has 4 heteroatoms. The molecule has 0 saturated carbocycles. The maximum Gasteiger partial charge on any atom is 0.223 e. The van der Waals surface area contributed by atoms with Crippen molar-refractivity contribution in [3.63, 3.8) is 0 Å². The number of likely N-dealkylation sites (tertiary alicyclic amines) is 1. The van der Waals surface area contributed by atoms with Crippen LogP contribution < -0.4 is 10.1 Å². The van der Waals surface area contributed by atoms with Crippen molar-refractivity contribution in [1.29, 1.82) is 0 Å². The quantitative estimate of drug-likeness (QED) is 0.785. The summed E-state index contributed by atoms with van der Waals surface area (Å²) in [5.74, 6) is 1.20. The van der Waals surface area contributed by atoms with Crippen molar-refractivity contribution in [3.05, 3.63) is 29.8 Å². The summed E-state index contributed by atoms with van der Waals surface area (Å²) in [7, 11) is 1.68. The lowest BCUT2D eigenvalue weighted by Gasteiger charge is -2.28. The van der Waals surface area contributed by atoms with Gasteiger partial charge in [-0.3, -0.25) is 4.79 Å². The molecule has 1 saturated heterocycles. The van der Waals surface area contributed by atoms with Gasteiger partial charge < -0.3 is 15.0 Å². The van der Waals surface area contributed by atoms with Gasteiger partial charge in [0.05, 0.1) is 7.11 Å². The molecule has 1 heterocycles. The van der Waals surface area contributed by atoms with E-state index in [2.05, 4.69) is 25.2 Å². The van der Waals surface area contributed by atoms with Gasteiger partial charge in [-0.05, 0) is 50.9 Å². The number of carbonyl (C=O) groups excluding carboxylic acids is 1. The largest absolute Gasteiger partial charge is 0.497 e. The Morgan fingerprint density at radius 3 is 2.95 bits per heavy atom. The average molecular weight is 290 g/mol. The second kappa shape index (κ2) is 7.46. The fourth-order valence-electron chi connectivity index (χ4n) is 3.04. The summed E-state index contributed by atoms with van der Waals surface area (Å²) in [6.45, 7) is 5.96. The van der Waals surface area contributed by atoms with Crippen molar-refractivity contribution in [3.8, 4) is 5.75 Å². The van der Waals surface area contributed by atoms with Crippen LogP contribution in [0, 0.1) is 0 Å². The van der Waals surface area contributed by atoms with Gasteiger partial charge in [0.1, 0.15) is 5.75 Å². The highest BCUT2D eigenvalue weighted by Crippen LogP contribution is 2.23. The van der Waals surface area contributed by atoms with Gasteiger partial charge in [0.15, 0.2) is 0 Å². The van der Waals surface area contributed by atoms with E-state index in [4.69, 9.17) is 4.74 Å². The first kappa shape index (κ1) is 15.8. The summed E-state index contributed by atoms with van der Waals surface area (Å²) >= 11 is 0. The molecule has 1 aliphatic rings. The number of benzene rings is 1. The Balaban J connectivity index is 1.75. The number of hydrogen-bond acceptors (Lipinski definition) is 3. The zero-order chi connectivity index (χ0) is 15.2. The molecule has 0 unspecified atom stereocenters. The van der Waals surface area contributed by atoms with Crippen LogP contribution in [0.25, 0.3) is 0 Å². The average Bonchev–Trinajstić information content (AvgIpc) is 2.85. The molecule has 2 rings (SSSR count). The maximum atomic E-state index is 11.8. The lowest BCUT2D eigenvalue weighted by Crippen LogP contribution is -2.40. The zero-order valence-corrected chi connectivity index (χ0v) is 13.3. The summed E-state index contributed by atoms with van der Waals surface area (Å²) in [6, 6.07) is 8.81. The lowest BCUT2D eigenvalue weighted by atomic mass is 10.1. The smallest absolute Gasteiger partial charge is 0.223 e. The van der Waals surface area contributed by atoms with Crippen LogP contribution in [0.4, 0.5) is 0 Å². The fraction of sp³-hybridized carbons (Fsp3) is 0.588. The van der Waals surface area contributed by atoms with Crippen molar-refractivity contribution in [2.45, 2.75) is 51.7 Å². The second-order valence-electron chi connectivity index (χ2n) is 5.90. The Morgan fingerprint density at radius 1 is 1.43 bits per heavy atom. The molecule has 1 aliphatic heterocycles. The summed E-state index contributed by atoms with van der Waals surface area (Å²) in [6.07, 6.45) is 2.73. The highest BCUT2D eigenvalue weighted by molar-refractivity contribution is 5.79. The molecule has 0 bridgehead atoms. The number of carbonyl (C=O) groups is 1. The Morgan fingerprint density at radius 2 is 2.24 bits per heavy atom. The number of nitrogens with zero attached hydrogens (tertiary/aromatic N) is 1. The van der Waals surface area contributed by atoms with Crippen LogP contribution in [0.2, 0.25) is 0 Å². The van der Waals surface area contributed by atoms with Crippen LogP contribution in [0.1, 0.15) is 38.7 Å². The molecular formula is C17H26N2O2. The minimum absolute atomic E-state index is 0.308. The molecule has 1 N–H and O–H groups in total. The standard InChI is InChI=1S/C17H26N2O2/c1-13(2)19-15(7-8-17(19)20)9-10-18-12-14-5-4-6-16(11-14)21-3/h4-6,11,13,15,18H,7-10,12H2,1-3H3/t15-/m1/s1. The summed E-state index contributed by atoms with van der Waals surface area (Å²) in [5, 5.41) is 3.46. The molecule has 1 aromatic carbocycles. The number of amides is 1. The zero-order valence-electron chi connectivity index (χ0n) is 13.3. The van der Waals surface area contributed by atoms with Gasteiger partial charge in [-0.1, -0.05) is 12.1 Å². The minimum atomic E-state index is 0.308. The first-order valence-corrected chi connectivity index (χ1v) is 7.76. The molecule has 21 heavy (non-hydrogen) atoms. The van der Waals surface area contributed by atoms with Crippen molar-refractivity contribution in [1.82, 2.24) is 10.2 Å². The van der Waals surface area contributed by atoms with Gasteiger partial charge in [0.2, 0.25) is 5.91 Å². The van der Waals surface area contributed by atoms with Crippen LogP contribution in [0.15, 0.2) is 24.3 Å². The van der Waals surface area contributed by atoms with E-state index in [1.165, 1.54) is 5.56 Å². The summed E-state index contributed by atoms with van der Waals surface area (Å²) in [5.41, 5.74) is 1.22. The van der Waals surface area contributed by atoms with E-state index in [-0.39, 0.29) is 0 Å². The van der Waals surface area contributed by atoms with Crippen LogP contribution >= 0.6 is 0 Å². The van der Waals surface area contributed by atoms with Crippen LogP contribution in [-0.2, 0) is 11.3 Å². The monoisotopic (exact) mass is 290 g/mol. The molecule has 0 spiro atoms. The minimum Gasteiger partial charge on any atom is -0.497 e. The molecule has 0 aromatic heterocycles. The predicted octanol–water partition coefficient (Wildman–Crippen LogP) is 2.57. The molecule has 1 amide bonds. The fourth-order valence-corrected chi connectivity index (χ4v) is 3.04. The first-order valence-electron chi connectivity index (χ1n) is 7.76. The molecule has 4 nitrogen and oxygen atoms in total. The SMILES string of the molecule is COc1cccc(CNCC[C@H]2CCC(=O)N2C(C)C)c1. The third kappa shape index (κ3) is 4.21. The number of rotatable bonds is 7. The van der Waals surface area contributed by atoms with Crippen LogP contribution in [0.3, 0.4) is 0 Å². The topological polar surface area (TPSA) is 41.6 Å². The number of ether oxygens (including phenoxy) is 1. The van der Waals surface area contributed by atoms with E-state index in [1.807, 2.05) is 23.1 Å². The van der Waals surface area contributed by atoms with Gasteiger partial charge in [-0.2, -0.15) is 0 Å². The van der Waals surface area contributed by atoms with Crippen molar-refractivity contribution in [2.75, 3.05) is 13.7 Å². The summed E-state index contributed by atoms with van der Waals surface area (Å²) in [4.78, 5) is 13.9. The van der Waals surface area contributed by atoms with E-state index >= 15 is 0 Å².